The van der Waals surface area contributed by atoms with E-state index in [-0.39, 0.29) is 129 Å². The first-order valence-corrected chi connectivity index (χ1v) is 37.9. The standard InChI is InChI=1S/C10H18O2.C9H20O2.C7H16O.2C6H14O2.2C5H12O2.4C4H10O2.C3H8O2S.2C3H8O2.C2H6O2/c1-5-9(3,11)7-8-10(4,12)6-2;1-3-5-6-9(4-2,7-10)8-11;1-6(2)5-7(3,4)8;1-6(2-4-7)3-5-8;1-2-3-4-6(8)5-7;1-5(2,3-6)4-7;1-2-3-5(7)4-6;1-4(6)2-3-5;1-3(5)4(2)6;1-2-4(6)3-5;5-3-1-2-4-6;4-1-3(5)2-6;2*1-3(5)2-4;3-1-2-4/h11-12H,5-6H2,1-4H3;10-11H,3-8H2,1-2H3;6,8H,5H2,1-4H3;2*6-8H,2-5H2,1H3;6-7H,3-4H2,1-2H3;5-7H,2-4H2,1H3;4-6H,2-3H2,1H3;3-6H,1-2H3;4-6H,2-3H2,1H3;5-6H,1-4H2;3-6H,1-2H2;2*3-5H,2H2,1H3;3-4H,1-2H2. The van der Waals surface area contributed by atoms with Crippen LogP contribution in [0.3, 0.4) is 0 Å². The molecule has 0 aromatic heterocycles. The van der Waals surface area contributed by atoms with E-state index in [4.69, 9.17) is 133 Å². The Morgan fingerprint density at radius 1 is 0.333 bits per heavy atom. The highest BCUT2D eigenvalue weighted by Gasteiger charge is 2.25. The molecule has 11 atom stereocenters. The van der Waals surface area contributed by atoms with Crippen LogP contribution >= 0.6 is 12.6 Å². The summed E-state index contributed by atoms with van der Waals surface area (Å²) in [7, 11) is 0. The zero-order valence-electron chi connectivity index (χ0n) is 69.7. The Morgan fingerprint density at radius 2 is 0.657 bits per heavy atom. The monoisotopic (exact) mass is 1570 g/mol. The third-order valence-corrected chi connectivity index (χ3v) is 13.4. The fourth-order valence-corrected chi connectivity index (χ4v) is 4.91. The molecular weight excluding hydrogens is 1400 g/mol. The molecule has 29 nitrogen and oxygen atoms in total. The minimum Gasteiger partial charge on any atom is -0.396 e. The number of hydrogen-bond acceptors (Lipinski definition) is 30. The van der Waals surface area contributed by atoms with Crippen molar-refractivity contribution in [1.29, 1.82) is 0 Å². The van der Waals surface area contributed by atoms with Crippen molar-refractivity contribution in [1.82, 2.24) is 0 Å². The van der Waals surface area contributed by atoms with Crippen LogP contribution in [0.2, 0.25) is 0 Å². The maximum atomic E-state index is 9.50. The maximum absolute atomic E-state index is 9.50. The minimum atomic E-state index is -0.973. The van der Waals surface area contributed by atoms with Gasteiger partial charge in [-0.15, -0.1) is 0 Å². The Bertz CT molecular complexity index is 1420. The van der Waals surface area contributed by atoms with Crippen LogP contribution < -0.4 is 0 Å². The molecule has 0 rings (SSSR count). The summed E-state index contributed by atoms with van der Waals surface area (Å²) in [6.45, 7) is 38.5. The maximum Gasteiger partial charge on any atom is 0.122 e. The highest BCUT2D eigenvalue weighted by atomic mass is 32.1. The Morgan fingerprint density at radius 3 is 0.771 bits per heavy atom. The third kappa shape index (κ3) is 177. The van der Waals surface area contributed by atoms with Crippen LogP contribution in [-0.4, -0.2) is 338 Å². The van der Waals surface area contributed by atoms with Gasteiger partial charge in [-0.1, -0.05) is 127 Å². The molecular formula is C75H176O29S. The van der Waals surface area contributed by atoms with Crippen molar-refractivity contribution in [2.75, 3.05) is 118 Å². The molecule has 0 aliphatic rings. The topological polar surface area (TPSA) is 587 Å². The Labute approximate surface area is 643 Å². The van der Waals surface area contributed by atoms with Gasteiger partial charge < -0.3 is 148 Å². The van der Waals surface area contributed by atoms with Crippen molar-refractivity contribution in [3.05, 3.63) is 0 Å². The molecule has 0 fully saturated rings. The molecule has 0 saturated carbocycles. The van der Waals surface area contributed by atoms with Crippen molar-refractivity contribution < 1.29 is 148 Å². The molecule has 0 aromatic rings. The van der Waals surface area contributed by atoms with Gasteiger partial charge in [-0.25, -0.2) is 0 Å². The molecule has 656 valence electrons. The van der Waals surface area contributed by atoms with E-state index < -0.39 is 65.6 Å². The van der Waals surface area contributed by atoms with Crippen LogP contribution in [-0.2, 0) is 0 Å². The summed E-state index contributed by atoms with van der Waals surface area (Å²) in [5, 5.41) is 243. The average molecular weight is 1570 g/mol. The Hall–Kier alpha value is -1.25. The van der Waals surface area contributed by atoms with Gasteiger partial charge in [-0.05, 0) is 158 Å². The summed E-state index contributed by atoms with van der Waals surface area (Å²) in [5.74, 6) is 6.70. The average Bonchev–Trinajstić information content (AvgIpc) is 0.918. The van der Waals surface area contributed by atoms with E-state index in [2.05, 4.69) is 52.2 Å². The highest BCUT2D eigenvalue weighted by Crippen LogP contribution is 2.27. The second-order valence-corrected chi connectivity index (χ2v) is 27.5. The number of rotatable bonds is 36. The molecule has 0 heterocycles. The first-order valence-electron chi connectivity index (χ1n) is 37.2. The molecule has 0 aliphatic carbocycles. The molecule has 0 bridgehead atoms. The summed E-state index contributed by atoms with van der Waals surface area (Å²) in [6.07, 6.45) is 9.86. The Balaban J connectivity index is -0.0000000641. The highest BCUT2D eigenvalue weighted by molar-refractivity contribution is 7.80. The number of thiol groups is 1. The van der Waals surface area contributed by atoms with Crippen molar-refractivity contribution in [2.24, 2.45) is 22.7 Å². The molecule has 0 aromatic carbocycles. The molecule has 11 unspecified atom stereocenters. The minimum absolute atomic E-state index is 0.0451. The van der Waals surface area contributed by atoms with Gasteiger partial charge in [0.05, 0.1) is 140 Å². The lowest BCUT2D eigenvalue weighted by Gasteiger charge is -2.27. The third-order valence-electron chi connectivity index (χ3n) is 12.9. The van der Waals surface area contributed by atoms with Gasteiger partial charge in [0, 0.05) is 49.6 Å². The van der Waals surface area contributed by atoms with Crippen molar-refractivity contribution >= 4 is 12.6 Å². The van der Waals surface area contributed by atoms with Gasteiger partial charge in [0.15, 0.2) is 0 Å². The smallest absolute Gasteiger partial charge is 0.122 e. The number of aliphatic hydroxyl groups excluding tert-OH is 26. The van der Waals surface area contributed by atoms with Crippen LogP contribution in [0.15, 0.2) is 0 Å². The molecule has 0 radical (unpaired) electrons. The SMILES string of the molecule is CC(C)(CO)CO.CC(C)CC(C)(C)O.CC(CCO)CCO.CC(O)C(C)O.CC(O)CCO.CC(O)CO.CC(O)CO.CCC(C)(O)C#CC(C)(O)CC.CCC(O)CO.CCCC(O)CO.CCCCC(CC)(CO)CO.CCCCC(O)CO.OCC(O)CS.OCCCCO.OCCO. The van der Waals surface area contributed by atoms with Crippen LogP contribution in [0, 0.1) is 34.5 Å². The normalized spacial score (nSPS) is 14.0. The van der Waals surface area contributed by atoms with E-state index in [0.717, 1.165) is 83.5 Å². The summed E-state index contributed by atoms with van der Waals surface area (Å²) in [6, 6.07) is 0. The number of unbranched alkanes of at least 4 members (excludes halogenated alkanes) is 3. The number of aliphatic hydroxyl groups is 29. The largest absolute Gasteiger partial charge is 0.396 e. The first kappa shape index (κ1) is 139. The van der Waals surface area contributed by atoms with Crippen LogP contribution in [0.25, 0.3) is 0 Å². The predicted molar refractivity (Wildman–Crippen MR) is 425 cm³/mol. The summed E-state index contributed by atoms with van der Waals surface area (Å²) in [4.78, 5) is 0. The van der Waals surface area contributed by atoms with E-state index in [1.54, 1.807) is 48.5 Å². The van der Waals surface area contributed by atoms with Crippen molar-refractivity contribution in [2.45, 2.75) is 333 Å². The van der Waals surface area contributed by atoms with Crippen molar-refractivity contribution in [3.8, 4) is 11.8 Å². The fraction of sp³-hybridized carbons (Fsp3) is 0.973. The van der Waals surface area contributed by atoms with Crippen LogP contribution in [0.4, 0.5) is 0 Å². The quantitative estimate of drug-likeness (QED) is 0.0241. The van der Waals surface area contributed by atoms with Gasteiger partial charge in [-0.2, -0.15) is 12.6 Å². The zero-order valence-corrected chi connectivity index (χ0v) is 70.6. The second-order valence-electron chi connectivity index (χ2n) is 27.2. The summed E-state index contributed by atoms with van der Waals surface area (Å²) >= 11 is 3.69. The van der Waals surface area contributed by atoms with Crippen molar-refractivity contribution in [3.63, 3.8) is 0 Å². The second kappa shape index (κ2) is 107. The molecule has 105 heavy (non-hydrogen) atoms. The van der Waals surface area contributed by atoms with Gasteiger partial charge in [0.2, 0.25) is 0 Å². The molecule has 0 spiro atoms. The molecule has 29 N–H and O–H groups in total. The lowest BCUT2D eigenvalue weighted by Crippen LogP contribution is -2.28. The number of hydrogen-bond donors (Lipinski definition) is 30. The lowest BCUT2D eigenvalue weighted by atomic mass is 9.82. The fourth-order valence-electron chi connectivity index (χ4n) is 4.79. The molecule has 30 heteroatoms. The van der Waals surface area contributed by atoms with E-state index in [0.29, 0.717) is 49.7 Å². The van der Waals surface area contributed by atoms with E-state index in [9.17, 15) is 15.3 Å². The zero-order chi connectivity index (χ0) is 86.7. The molecule has 0 aliphatic heterocycles. The van der Waals surface area contributed by atoms with Crippen LogP contribution in [0.5, 0.6) is 0 Å². The summed E-state index contributed by atoms with van der Waals surface area (Å²) in [5.41, 5.74) is -2.94. The molecule has 0 saturated heterocycles. The van der Waals surface area contributed by atoms with Gasteiger partial charge >= 0.3 is 0 Å². The Kier molecular flexibility index (Phi) is 142. The lowest BCUT2D eigenvalue weighted by molar-refractivity contribution is 0.0420. The summed E-state index contributed by atoms with van der Waals surface area (Å²) < 4.78 is 0. The first-order chi connectivity index (χ1) is 48.4. The van der Waals surface area contributed by atoms with Gasteiger partial charge in [0.25, 0.3) is 0 Å². The van der Waals surface area contributed by atoms with Crippen LogP contribution in [0.1, 0.15) is 261 Å². The molecule has 0 amide bonds. The van der Waals surface area contributed by atoms with Gasteiger partial charge in [0.1, 0.15) is 11.2 Å². The van der Waals surface area contributed by atoms with Gasteiger partial charge in [-0.3, -0.25) is 0 Å². The van der Waals surface area contributed by atoms with E-state index in [1.165, 1.54) is 13.8 Å². The predicted octanol–water partition coefficient (Wildman–Crippen LogP) is 1.68. The van der Waals surface area contributed by atoms with E-state index >= 15 is 0 Å². The van der Waals surface area contributed by atoms with E-state index in [1.807, 2.05) is 55.4 Å².